The topological polar surface area (TPSA) is 26.3 Å². The molecular formula is C11H13ClO2. The lowest BCUT2D eigenvalue weighted by molar-refractivity contribution is 0.0525. The minimum absolute atomic E-state index is 0.348. The van der Waals surface area contributed by atoms with Gasteiger partial charge in [0.1, 0.15) is 0 Å². The molecule has 14 heavy (non-hydrogen) atoms. The summed E-state index contributed by atoms with van der Waals surface area (Å²) in [6.45, 7) is 5.95. The minimum atomic E-state index is -0.348. The van der Waals surface area contributed by atoms with Crippen LogP contribution in [-0.4, -0.2) is 12.6 Å². The van der Waals surface area contributed by atoms with Gasteiger partial charge in [0, 0.05) is 0 Å². The van der Waals surface area contributed by atoms with E-state index in [1.807, 2.05) is 19.9 Å². The third-order valence-corrected chi connectivity index (χ3v) is 2.48. The summed E-state index contributed by atoms with van der Waals surface area (Å²) in [5, 5.41) is 0.451. The molecule has 0 atom stereocenters. The Bertz CT molecular complexity index is 359. The van der Waals surface area contributed by atoms with Crippen LogP contribution in [0, 0.1) is 13.8 Å². The summed E-state index contributed by atoms with van der Waals surface area (Å²) in [5.74, 6) is -0.348. The molecule has 0 radical (unpaired) electrons. The number of benzene rings is 1. The average Bonchev–Trinajstić information content (AvgIpc) is 2.13. The highest BCUT2D eigenvalue weighted by Gasteiger charge is 2.15. The fourth-order valence-electron chi connectivity index (χ4n) is 1.24. The Balaban J connectivity index is 3.18. The second-order valence-electron chi connectivity index (χ2n) is 3.08. The molecule has 0 saturated heterocycles. The molecule has 0 heterocycles. The zero-order valence-corrected chi connectivity index (χ0v) is 9.31. The van der Waals surface area contributed by atoms with Crippen molar-refractivity contribution in [3.05, 3.63) is 33.8 Å². The smallest absolute Gasteiger partial charge is 0.339 e. The Kier molecular flexibility index (Phi) is 3.53. The van der Waals surface area contributed by atoms with E-state index in [9.17, 15) is 4.79 Å². The average molecular weight is 213 g/mol. The van der Waals surface area contributed by atoms with Crippen molar-refractivity contribution >= 4 is 17.6 Å². The molecule has 0 saturated carbocycles. The van der Waals surface area contributed by atoms with Crippen molar-refractivity contribution in [1.29, 1.82) is 0 Å². The van der Waals surface area contributed by atoms with E-state index in [0.717, 1.165) is 11.1 Å². The van der Waals surface area contributed by atoms with Crippen molar-refractivity contribution in [3.8, 4) is 0 Å². The molecule has 1 rings (SSSR count). The van der Waals surface area contributed by atoms with Gasteiger partial charge in [0.05, 0.1) is 17.2 Å². The number of ether oxygens (including phenoxy) is 1. The summed E-state index contributed by atoms with van der Waals surface area (Å²) in [4.78, 5) is 11.5. The van der Waals surface area contributed by atoms with Crippen LogP contribution in [0.15, 0.2) is 12.1 Å². The number of carbonyl (C=O) groups excluding carboxylic acids is 1. The zero-order valence-electron chi connectivity index (χ0n) is 8.56. The van der Waals surface area contributed by atoms with E-state index in [4.69, 9.17) is 16.3 Å². The first-order valence-corrected chi connectivity index (χ1v) is 4.88. The van der Waals surface area contributed by atoms with E-state index in [1.165, 1.54) is 0 Å². The first-order valence-electron chi connectivity index (χ1n) is 4.50. The SMILES string of the molecule is CCOC(=O)c1c(Cl)ccc(C)c1C. The Morgan fingerprint density at radius 3 is 2.64 bits per heavy atom. The number of esters is 1. The summed E-state index contributed by atoms with van der Waals surface area (Å²) in [6, 6.07) is 3.61. The Labute approximate surface area is 88.8 Å². The minimum Gasteiger partial charge on any atom is -0.462 e. The normalized spacial score (nSPS) is 10.0. The van der Waals surface area contributed by atoms with Crippen molar-refractivity contribution in [2.75, 3.05) is 6.61 Å². The Morgan fingerprint density at radius 1 is 1.43 bits per heavy atom. The van der Waals surface area contributed by atoms with Crippen LogP contribution < -0.4 is 0 Å². The van der Waals surface area contributed by atoms with Gasteiger partial charge in [0.25, 0.3) is 0 Å². The largest absolute Gasteiger partial charge is 0.462 e. The predicted octanol–water partition coefficient (Wildman–Crippen LogP) is 3.13. The third kappa shape index (κ3) is 2.07. The van der Waals surface area contributed by atoms with Gasteiger partial charge in [-0.15, -0.1) is 0 Å². The van der Waals surface area contributed by atoms with E-state index < -0.39 is 0 Å². The molecule has 76 valence electrons. The van der Waals surface area contributed by atoms with Crippen molar-refractivity contribution in [2.45, 2.75) is 20.8 Å². The molecule has 0 aromatic heterocycles. The summed E-state index contributed by atoms with van der Waals surface area (Å²) < 4.78 is 4.92. The molecule has 3 heteroatoms. The fraction of sp³-hybridized carbons (Fsp3) is 0.364. The van der Waals surface area contributed by atoms with Crippen LogP contribution in [0.2, 0.25) is 5.02 Å². The first-order chi connectivity index (χ1) is 6.57. The van der Waals surface area contributed by atoms with Gasteiger partial charge in [-0.3, -0.25) is 0 Å². The molecule has 0 aliphatic heterocycles. The van der Waals surface area contributed by atoms with Gasteiger partial charge in [-0.1, -0.05) is 17.7 Å². The Morgan fingerprint density at radius 2 is 2.07 bits per heavy atom. The summed E-state index contributed by atoms with van der Waals surface area (Å²) >= 11 is 5.93. The first kappa shape index (κ1) is 11.1. The second kappa shape index (κ2) is 4.47. The molecule has 2 nitrogen and oxygen atoms in total. The lowest BCUT2D eigenvalue weighted by Crippen LogP contribution is -2.08. The van der Waals surface area contributed by atoms with Gasteiger partial charge >= 0.3 is 5.97 Å². The molecule has 0 fully saturated rings. The lowest BCUT2D eigenvalue weighted by atomic mass is 10.0. The summed E-state index contributed by atoms with van der Waals surface area (Å²) in [7, 11) is 0. The highest BCUT2D eigenvalue weighted by Crippen LogP contribution is 2.23. The molecular weight excluding hydrogens is 200 g/mol. The highest BCUT2D eigenvalue weighted by molar-refractivity contribution is 6.33. The molecule has 0 bridgehead atoms. The maximum absolute atomic E-state index is 11.5. The highest BCUT2D eigenvalue weighted by atomic mass is 35.5. The molecule has 0 aliphatic carbocycles. The number of hydrogen-bond donors (Lipinski definition) is 0. The maximum atomic E-state index is 11.5. The van der Waals surface area contributed by atoms with Crippen LogP contribution in [0.5, 0.6) is 0 Å². The molecule has 0 unspecified atom stereocenters. The van der Waals surface area contributed by atoms with Crippen molar-refractivity contribution in [1.82, 2.24) is 0 Å². The molecule has 1 aromatic rings. The molecule has 0 spiro atoms. The molecule has 0 aliphatic rings. The van der Waals surface area contributed by atoms with Crippen LogP contribution in [0.3, 0.4) is 0 Å². The van der Waals surface area contributed by atoms with Crippen LogP contribution in [0.4, 0.5) is 0 Å². The van der Waals surface area contributed by atoms with E-state index >= 15 is 0 Å². The van der Waals surface area contributed by atoms with Gasteiger partial charge in [-0.05, 0) is 38.0 Å². The van der Waals surface area contributed by atoms with E-state index in [-0.39, 0.29) is 5.97 Å². The summed E-state index contributed by atoms with van der Waals surface area (Å²) in [5.41, 5.74) is 2.40. The van der Waals surface area contributed by atoms with Gasteiger partial charge in [-0.25, -0.2) is 4.79 Å². The number of rotatable bonds is 2. The van der Waals surface area contributed by atoms with Gasteiger partial charge < -0.3 is 4.74 Å². The standard InChI is InChI=1S/C11H13ClO2/c1-4-14-11(13)10-8(3)7(2)5-6-9(10)12/h5-6H,4H2,1-3H3. The van der Waals surface area contributed by atoms with Crippen molar-refractivity contribution < 1.29 is 9.53 Å². The van der Waals surface area contributed by atoms with E-state index in [0.29, 0.717) is 17.2 Å². The quantitative estimate of drug-likeness (QED) is 0.704. The van der Waals surface area contributed by atoms with E-state index in [2.05, 4.69) is 0 Å². The van der Waals surface area contributed by atoms with E-state index in [1.54, 1.807) is 13.0 Å². The maximum Gasteiger partial charge on any atom is 0.339 e. The molecule has 1 aromatic carbocycles. The predicted molar refractivity (Wildman–Crippen MR) is 56.9 cm³/mol. The Hall–Kier alpha value is -1.02. The van der Waals surface area contributed by atoms with Gasteiger partial charge in [0.2, 0.25) is 0 Å². The summed E-state index contributed by atoms with van der Waals surface area (Å²) in [6.07, 6.45) is 0. The van der Waals surface area contributed by atoms with Crippen LogP contribution in [0.1, 0.15) is 28.4 Å². The number of hydrogen-bond acceptors (Lipinski definition) is 2. The zero-order chi connectivity index (χ0) is 10.7. The lowest BCUT2D eigenvalue weighted by Gasteiger charge is -2.09. The van der Waals surface area contributed by atoms with Crippen LogP contribution in [-0.2, 0) is 4.74 Å². The number of halogens is 1. The van der Waals surface area contributed by atoms with Crippen LogP contribution in [0.25, 0.3) is 0 Å². The van der Waals surface area contributed by atoms with Crippen LogP contribution >= 0.6 is 11.6 Å². The molecule has 0 amide bonds. The third-order valence-electron chi connectivity index (χ3n) is 2.16. The van der Waals surface area contributed by atoms with Gasteiger partial charge in [-0.2, -0.15) is 0 Å². The van der Waals surface area contributed by atoms with Gasteiger partial charge in [0.15, 0.2) is 0 Å². The monoisotopic (exact) mass is 212 g/mol. The number of aryl methyl sites for hydroxylation is 1. The van der Waals surface area contributed by atoms with Crippen molar-refractivity contribution in [2.24, 2.45) is 0 Å². The fourth-order valence-corrected chi connectivity index (χ4v) is 1.52. The molecule has 0 N–H and O–H groups in total. The second-order valence-corrected chi connectivity index (χ2v) is 3.49. The van der Waals surface area contributed by atoms with Crippen molar-refractivity contribution in [3.63, 3.8) is 0 Å². The number of carbonyl (C=O) groups is 1.